The van der Waals surface area contributed by atoms with Crippen LogP contribution in [0.1, 0.15) is 67.0 Å². The molecule has 0 amide bonds. The van der Waals surface area contributed by atoms with Crippen molar-refractivity contribution < 1.29 is 14.4 Å². The number of benzene rings is 3. The van der Waals surface area contributed by atoms with Crippen molar-refractivity contribution >= 4 is 23.0 Å². The summed E-state index contributed by atoms with van der Waals surface area (Å²) in [4.78, 5) is 48.3. The van der Waals surface area contributed by atoms with Gasteiger partial charge in [-0.1, -0.05) is 48.5 Å². The minimum atomic E-state index is -0.106. The summed E-state index contributed by atoms with van der Waals surface area (Å²) in [6, 6.07) is 22.1. The Balaban J connectivity index is 1.17. The molecule has 6 nitrogen and oxygen atoms in total. The quantitative estimate of drug-likeness (QED) is 0.279. The van der Waals surface area contributed by atoms with E-state index in [1.165, 1.54) is 43.7 Å². The molecule has 0 radical (unpaired) electrons. The second kappa shape index (κ2) is 11.7. The molecule has 1 fully saturated rings. The normalized spacial score (nSPS) is 13.2. The molecule has 1 saturated heterocycles. The fraction of sp³-hybridized carbons (Fsp3) is 0.219. The SMILES string of the molecule is O=C(Cc1ccc(C(=O)c2ccc(CC(=O)c3cncnc3)cc2)cc1)c1ccc(N2CCCCC2)cc1. The minimum Gasteiger partial charge on any atom is -0.372 e. The monoisotopic (exact) mass is 503 g/mol. The summed E-state index contributed by atoms with van der Waals surface area (Å²) in [6.45, 7) is 2.15. The molecular formula is C32H29N3O3. The Morgan fingerprint density at radius 2 is 1.05 bits per heavy atom. The third-order valence-electron chi connectivity index (χ3n) is 6.95. The van der Waals surface area contributed by atoms with Crippen LogP contribution in [0.3, 0.4) is 0 Å². The molecule has 0 aliphatic carbocycles. The van der Waals surface area contributed by atoms with Gasteiger partial charge in [-0.25, -0.2) is 9.97 Å². The van der Waals surface area contributed by atoms with Crippen LogP contribution in [0.5, 0.6) is 0 Å². The summed E-state index contributed by atoms with van der Waals surface area (Å²) in [5, 5.41) is 0. The highest BCUT2D eigenvalue weighted by Gasteiger charge is 2.14. The highest BCUT2D eigenvalue weighted by atomic mass is 16.1. The molecule has 0 spiro atoms. The predicted octanol–water partition coefficient (Wildman–Crippen LogP) is 5.55. The third-order valence-corrected chi connectivity index (χ3v) is 6.95. The number of rotatable bonds is 9. The Kier molecular flexibility index (Phi) is 7.78. The van der Waals surface area contributed by atoms with E-state index in [1.54, 1.807) is 36.4 Å². The van der Waals surface area contributed by atoms with E-state index in [2.05, 4.69) is 14.9 Å². The average molecular weight is 504 g/mol. The number of carbonyl (C=O) groups is 3. The Hall–Kier alpha value is -4.45. The van der Waals surface area contributed by atoms with Gasteiger partial charge in [-0.15, -0.1) is 0 Å². The Morgan fingerprint density at radius 1 is 0.579 bits per heavy atom. The lowest BCUT2D eigenvalue weighted by atomic mass is 9.97. The van der Waals surface area contributed by atoms with Gasteiger partial charge in [0.1, 0.15) is 6.33 Å². The summed E-state index contributed by atoms with van der Waals surface area (Å²) in [7, 11) is 0. The van der Waals surface area contributed by atoms with E-state index in [0.717, 1.165) is 24.2 Å². The number of Topliss-reactive ketones (excluding diaryl/α,β-unsaturated/α-hetero) is 2. The molecule has 3 aromatic carbocycles. The maximum absolute atomic E-state index is 13.0. The largest absolute Gasteiger partial charge is 0.372 e. The minimum absolute atomic E-state index is 0.0569. The first kappa shape index (κ1) is 25.2. The van der Waals surface area contributed by atoms with Crippen LogP contribution < -0.4 is 4.90 Å². The molecule has 190 valence electrons. The fourth-order valence-corrected chi connectivity index (χ4v) is 4.74. The van der Waals surface area contributed by atoms with Gasteiger partial charge >= 0.3 is 0 Å². The molecule has 0 unspecified atom stereocenters. The second-order valence-electron chi connectivity index (χ2n) is 9.64. The van der Waals surface area contributed by atoms with E-state index >= 15 is 0 Å². The number of hydrogen-bond acceptors (Lipinski definition) is 6. The molecule has 1 aliphatic rings. The summed E-state index contributed by atoms with van der Waals surface area (Å²) < 4.78 is 0. The summed E-state index contributed by atoms with van der Waals surface area (Å²) in [6.07, 6.45) is 8.60. The van der Waals surface area contributed by atoms with E-state index < -0.39 is 0 Å². The van der Waals surface area contributed by atoms with E-state index in [4.69, 9.17) is 0 Å². The predicted molar refractivity (Wildman–Crippen MR) is 147 cm³/mol. The van der Waals surface area contributed by atoms with Gasteiger partial charge in [-0.3, -0.25) is 14.4 Å². The number of piperidine rings is 1. The van der Waals surface area contributed by atoms with Gasteiger partial charge in [-0.2, -0.15) is 0 Å². The Labute approximate surface area is 222 Å². The molecule has 0 atom stereocenters. The van der Waals surface area contributed by atoms with Gasteiger partial charge in [0.2, 0.25) is 0 Å². The van der Waals surface area contributed by atoms with Crippen molar-refractivity contribution in [1.29, 1.82) is 0 Å². The first-order valence-electron chi connectivity index (χ1n) is 13.0. The molecule has 4 aromatic rings. The van der Waals surface area contributed by atoms with E-state index in [1.807, 2.05) is 36.4 Å². The van der Waals surface area contributed by atoms with Crippen molar-refractivity contribution in [3.05, 3.63) is 125 Å². The number of carbonyl (C=O) groups excluding carboxylic acids is 3. The number of ketones is 3. The van der Waals surface area contributed by atoms with Crippen molar-refractivity contribution in [3.63, 3.8) is 0 Å². The van der Waals surface area contributed by atoms with E-state index in [0.29, 0.717) is 22.3 Å². The third kappa shape index (κ3) is 6.09. The summed E-state index contributed by atoms with van der Waals surface area (Å²) >= 11 is 0. The van der Waals surface area contributed by atoms with Crippen LogP contribution in [-0.4, -0.2) is 40.4 Å². The first-order chi connectivity index (χ1) is 18.6. The van der Waals surface area contributed by atoms with Crippen LogP contribution in [0, 0.1) is 0 Å². The lowest BCUT2D eigenvalue weighted by Gasteiger charge is -2.28. The van der Waals surface area contributed by atoms with Gasteiger partial charge in [0, 0.05) is 60.7 Å². The molecule has 0 saturated carbocycles. The van der Waals surface area contributed by atoms with Gasteiger partial charge in [0.25, 0.3) is 0 Å². The Morgan fingerprint density at radius 3 is 1.58 bits per heavy atom. The van der Waals surface area contributed by atoms with Crippen LogP contribution in [0.4, 0.5) is 5.69 Å². The van der Waals surface area contributed by atoms with Gasteiger partial charge in [0.15, 0.2) is 17.3 Å². The fourth-order valence-electron chi connectivity index (χ4n) is 4.74. The number of aromatic nitrogens is 2. The molecule has 0 N–H and O–H groups in total. The van der Waals surface area contributed by atoms with Crippen LogP contribution in [0.25, 0.3) is 0 Å². The van der Waals surface area contributed by atoms with Crippen LogP contribution in [0.15, 0.2) is 91.5 Å². The van der Waals surface area contributed by atoms with Crippen LogP contribution in [0.2, 0.25) is 0 Å². The molecule has 5 rings (SSSR count). The van der Waals surface area contributed by atoms with Gasteiger partial charge < -0.3 is 4.90 Å². The van der Waals surface area contributed by atoms with E-state index in [9.17, 15) is 14.4 Å². The number of nitrogens with zero attached hydrogens (tertiary/aromatic N) is 3. The molecule has 1 aromatic heterocycles. The van der Waals surface area contributed by atoms with Crippen molar-refractivity contribution in [2.45, 2.75) is 32.1 Å². The topological polar surface area (TPSA) is 80.2 Å². The molecule has 1 aliphatic heterocycles. The zero-order valence-electron chi connectivity index (χ0n) is 21.2. The maximum atomic E-state index is 13.0. The maximum Gasteiger partial charge on any atom is 0.193 e. The molecular weight excluding hydrogens is 474 g/mol. The van der Waals surface area contributed by atoms with E-state index in [-0.39, 0.29) is 30.2 Å². The highest BCUT2D eigenvalue weighted by Crippen LogP contribution is 2.21. The summed E-state index contributed by atoms with van der Waals surface area (Å²) in [5.74, 6) is -0.125. The summed E-state index contributed by atoms with van der Waals surface area (Å²) in [5.41, 5.74) is 5.11. The Bertz CT molecular complexity index is 1410. The van der Waals surface area contributed by atoms with Crippen LogP contribution in [-0.2, 0) is 12.8 Å². The average Bonchev–Trinajstić information content (AvgIpc) is 2.98. The van der Waals surface area contributed by atoms with Crippen molar-refractivity contribution in [3.8, 4) is 0 Å². The molecule has 6 heteroatoms. The van der Waals surface area contributed by atoms with Gasteiger partial charge in [-0.05, 0) is 54.7 Å². The number of anilines is 1. The molecule has 38 heavy (non-hydrogen) atoms. The van der Waals surface area contributed by atoms with Crippen molar-refractivity contribution in [2.24, 2.45) is 0 Å². The van der Waals surface area contributed by atoms with Gasteiger partial charge in [0.05, 0.1) is 5.56 Å². The lowest BCUT2D eigenvalue weighted by molar-refractivity contribution is 0.0984. The first-order valence-corrected chi connectivity index (χ1v) is 13.0. The molecule has 2 heterocycles. The standard InChI is InChI=1S/C32H29N3O3/c36-30(25-12-14-29(15-13-25)35-16-2-1-3-17-35)18-23-4-8-26(9-5-23)32(38)27-10-6-24(7-11-27)19-31(37)28-20-33-22-34-21-28/h4-15,20-22H,1-3,16-19H2. The van der Waals surface area contributed by atoms with Crippen molar-refractivity contribution in [2.75, 3.05) is 18.0 Å². The second-order valence-corrected chi connectivity index (χ2v) is 9.64. The number of hydrogen-bond donors (Lipinski definition) is 0. The highest BCUT2D eigenvalue weighted by molar-refractivity contribution is 6.09. The lowest BCUT2D eigenvalue weighted by Crippen LogP contribution is -2.29. The zero-order chi connectivity index (χ0) is 26.3. The van der Waals surface area contributed by atoms with Crippen LogP contribution >= 0.6 is 0 Å². The smallest absolute Gasteiger partial charge is 0.193 e. The zero-order valence-corrected chi connectivity index (χ0v) is 21.2. The van der Waals surface area contributed by atoms with Crippen molar-refractivity contribution in [1.82, 2.24) is 9.97 Å². The molecule has 0 bridgehead atoms.